The first kappa shape index (κ1) is 12.2. The molecule has 0 spiro atoms. The molecule has 2 unspecified atom stereocenters. The molecule has 1 aliphatic carbocycles. The van der Waals surface area contributed by atoms with Crippen LogP contribution in [0.15, 0.2) is 0 Å². The molecule has 2 heteroatoms. The topological polar surface area (TPSA) is 9.23 Å². The van der Waals surface area contributed by atoms with Gasteiger partial charge in [-0.1, -0.05) is 34.6 Å². The molecule has 14 heavy (non-hydrogen) atoms. The Bertz CT molecular complexity index is 193. The van der Waals surface area contributed by atoms with Crippen LogP contribution in [0.1, 0.15) is 47.5 Å². The second-order valence-electron chi connectivity index (χ2n) is 6.47. The fourth-order valence-corrected chi connectivity index (χ4v) is 3.85. The largest absolute Gasteiger partial charge is 0.428 e. The molecule has 0 aromatic rings. The van der Waals surface area contributed by atoms with E-state index < -0.39 is 0 Å². The van der Waals surface area contributed by atoms with Gasteiger partial charge in [0.05, 0.1) is 0 Å². The van der Waals surface area contributed by atoms with Crippen LogP contribution in [0.2, 0.25) is 0 Å². The second kappa shape index (κ2) is 3.97. The third kappa shape index (κ3) is 2.22. The molecule has 2 atom stereocenters. The fourth-order valence-electron chi connectivity index (χ4n) is 3.44. The molecule has 0 bridgehead atoms. The minimum Gasteiger partial charge on any atom is -0.428 e. The van der Waals surface area contributed by atoms with Crippen molar-refractivity contribution in [3.63, 3.8) is 0 Å². The van der Waals surface area contributed by atoms with Crippen molar-refractivity contribution in [2.45, 2.75) is 47.5 Å². The lowest BCUT2D eigenvalue weighted by Crippen LogP contribution is -2.35. The van der Waals surface area contributed by atoms with Crippen molar-refractivity contribution in [2.75, 3.05) is 6.61 Å². The van der Waals surface area contributed by atoms with Gasteiger partial charge in [-0.05, 0) is 35.5 Å². The highest BCUT2D eigenvalue weighted by molar-refractivity contribution is 5.97. The number of rotatable bonds is 2. The van der Waals surface area contributed by atoms with E-state index in [9.17, 15) is 0 Å². The highest BCUT2D eigenvalue weighted by atomic mass is 28.2. The number of hydrogen-bond acceptors (Lipinski definition) is 1. The van der Waals surface area contributed by atoms with E-state index in [0.29, 0.717) is 10.8 Å². The minimum absolute atomic E-state index is 0.448. The van der Waals surface area contributed by atoms with Crippen LogP contribution in [0.5, 0.6) is 0 Å². The van der Waals surface area contributed by atoms with E-state index in [0.717, 1.165) is 28.9 Å². The quantitative estimate of drug-likeness (QED) is 0.641. The van der Waals surface area contributed by atoms with Gasteiger partial charge in [0.15, 0.2) is 0 Å². The van der Waals surface area contributed by atoms with Crippen LogP contribution in [-0.4, -0.2) is 17.1 Å². The molecule has 84 valence electrons. The highest BCUT2D eigenvalue weighted by Crippen LogP contribution is 2.54. The van der Waals surface area contributed by atoms with Crippen LogP contribution in [0.3, 0.4) is 0 Å². The first-order valence-electron chi connectivity index (χ1n) is 5.79. The molecule has 0 saturated heterocycles. The fraction of sp³-hybridized carbons (Fsp3) is 1.00. The van der Waals surface area contributed by atoms with E-state index in [4.69, 9.17) is 4.43 Å². The van der Waals surface area contributed by atoms with Gasteiger partial charge in [-0.15, -0.1) is 0 Å². The van der Waals surface area contributed by atoms with Crippen molar-refractivity contribution in [3.8, 4) is 0 Å². The van der Waals surface area contributed by atoms with Crippen molar-refractivity contribution in [1.29, 1.82) is 0 Å². The highest BCUT2D eigenvalue weighted by Gasteiger charge is 2.47. The summed E-state index contributed by atoms with van der Waals surface area (Å²) in [6.45, 7) is 13.0. The van der Waals surface area contributed by atoms with Gasteiger partial charge in [-0.3, -0.25) is 0 Å². The van der Waals surface area contributed by atoms with Gasteiger partial charge in [0.1, 0.15) is 10.5 Å². The van der Waals surface area contributed by atoms with Gasteiger partial charge < -0.3 is 4.43 Å². The molecular formula is C12H26OSi. The van der Waals surface area contributed by atoms with Crippen LogP contribution in [-0.2, 0) is 4.43 Å². The molecule has 1 nitrogen and oxygen atoms in total. The Balaban J connectivity index is 2.76. The predicted molar refractivity (Wildman–Crippen MR) is 65.3 cm³/mol. The van der Waals surface area contributed by atoms with E-state index in [1.54, 1.807) is 0 Å². The van der Waals surface area contributed by atoms with Gasteiger partial charge >= 0.3 is 0 Å². The third-order valence-electron chi connectivity index (χ3n) is 4.17. The lowest BCUT2D eigenvalue weighted by Gasteiger charge is -2.40. The summed E-state index contributed by atoms with van der Waals surface area (Å²) >= 11 is 0. The first-order chi connectivity index (χ1) is 6.30. The van der Waals surface area contributed by atoms with Crippen molar-refractivity contribution < 1.29 is 4.43 Å². The smallest absolute Gasteiger partial charge is 0.145 e. The maximum atomic E-state index is 5.46. The zero-order valence-corrected chi connectivity index (χ0v) is 12.7. The van der Waals surface area contributed by atoms with Crippen molar-refractivity contribution in [3.05, 3.63) is 0 Å². The lowest BCUT2D eigenvalue weighted by molar-refractivity contribution is 0.0666. The van der Waals surface area contributed by atoms with Crippen molar-refractivity contribution >= 4 is 10.5 Å². The second-order valence-corrected chi connectivity index (χ2v) is 7.05. The maximum Gasteiger partial charge on any atom is 0.145 e. The summed E-state index contributed by atoms with van der Waals surface area (Å²) in [6, 6.07) is 0. The monoisotopic (exact) mass is 214 g/mol. The first-order valence-corrected chi connectivity index (χ1v) is 6.60. The van der Waals surface area contributed by atoms with Gasteiger partial charge in [0.2, 0.25) is 0 Å². The molecule has 0 radical (unpaired) electrons. The normalized spacial score (nSPS) is 32.4. The van der Waals surface area contributed by atoms with E-state index in [1.165, 1.54) is 12.8 Å². The van der Waals surface area contributed by atoms with Crippen LogP contribution in [0.25, 0.3) is 0 Å². The molecular weight excluding hydrogens is 188 g/mol. The van der Waals surface area contributed by atoms with Crippen LogP contribution < -0.4 is 0 Å². The molecule has 1 saturated carbocycles. The van der Waals surface area contributed by atoms with Crippen LogP contribution in [0.4, 0.5) is 0 Å². The molecule has 0 aromatic heterocycles. The summed E-state index contributed by atoms with van der Waals surface area (Å²) in [7, 11) is 0.885. The molecule has 1 aliphatic rings. The Kier molecular flexibility index (Phi) is 3.48. The van der Waals surface area contributed by atoms with Gasteiger partial charge in [-0.25, -0.2) is 0 Å². The Labute approximate surface area is 92.2 Å². The van der Waals surface area contributed by atoms with E-state index >= 15 is 0 Å². The van der Waals surface area contributed by atoms with Gasteiger partial charge in [0.25, 0.3) is 0 Å². The standard InChI is InChI=1S/C12H26OSi/c1-11(2,3)10-7-6-9(8-13-14)12(10,4)5/h9-10H,6-8H2,1-5,14H3. The Hall–Kier alpha value is 0.177. The molecule has 0 amide bonds. The third-order valence-corrected chi connectivity index (χ3v) is 4.50. The molecule has 0 heterocycles. The summed E-state index contributed by atoms with van der Waals surface area (Å²) in [5.74, 6) is 1.63. The van der Waals surface area contributed by atoms with E-state index in [1.807, 2.05) is 0 Å². The summed E-state index contributed by atoms with van der Waals surface area (Å²) in [4.78, 5) is 0. The molecule has 0 aromatic carbocycles. The SMILES string of the molecule is CC(C)(C)C1CCC(CO[SiH3])C1(C)C. The van der Waals surface area contributed by atoms with Crippen LogP contribution >= 0.6 is 0 Å². The summed E-state index contributed by atoms with van der Waals surface area (Å²) < 4.78 is 5.46. The Morgan fingerprint density at radius 2 is 1.86 bits per heavy atom. The number of hydrogen-bond donors (Lipinski definition) is 0. The van der Waals surface area contributed by atoms with Gasteiger partial charge in [-0.2, -0.15) is 0 Å². The van der Waals surface area contributed by atoms with E-state index in [-0.39, 0.29) is 0 Å². The average Bonchev–Trinajstić information content (AvgIpc) is 2.26. The van der Waals surface area contributed by atoms with E-state index in [2.05, 4.69) is 34.6 Å². The predicted octanol–water partition coefficient (Wildman–Crippen LogP) is 2.38. The molecule has 0 N–H and O–H groups in total. The zero-order chi connectivity index (χ0) is 11.0. The Morgan fingerprint density at radius 1 is 1.29 bits per heavy atom. The summed E-state index contributed by atoms with van der Waals surface area (Å²) in [6.07, 6.45) is 2.74. The van der Waals surface area contributed by atoms with Gasteiger partial charge in [0, 0.05) is 6.61 Å². The van der Waals surface area contributed by atoms with Crippen molar-refractivity contribution in [1.82, 2.24) is 0 Å². The lowest BCUT2D eigenvalue weighted by atomic mass is 9.65. The summed E-state index contributed by atoms with van der Waals surface area (Å²) in [5.41, 5.74) is 0.909. The van der Waals surface area contributed by atoms with Crippen LogP contribution in [0, 0.1) is 22.7 Å². The Morgan fingerprint density at radius 3 is 2.21 bits per heavy atom. The molecule has 0 aliphatic heterocycles. The molecule has 1 rings (SSSR count). The summed E-state index contributed by atoms with van der Waals surface area (Å²) in [5, 5.41) is 0. The zero-order valence-electron chi connectivity index (χ0n) is 10.7. The molecule has 1 fully saturated rings. The minimum atomic E-state index is 0.448. The van der Waals surface area contributed by atoms with Crippen molar-refractivity contribution in [2.24, 2.45) is 22.7 Å². The maximum absolute atomic E-state index is 5.46. The average molecular weight is 214 g/mol.